The molecule has 0 aliphatic rings. The van der Waals surface area contributed by atoms with Crippen LogP contribution in [0.15, 0.2) is 36.4 Å². The number of carbonyl (C=O) groups excluding carboxylic acids is 1. The Labute approximate surface area is 106 Å². The Balaban J connectivity index is 2.60. The molecule has 18 heavy (non-hydrogen) atoms. The Bertz CT molecular complexity index is 588. The normalized spacial score (nSPS) is 10.1. The van der Waals surface area contributed by atoms with Gasteiger partial charge in [0.15, 0.2) is 6.29 Å². The highest BCUT2D eigenvalue weighted by Crippen LogP contribution is 2.32. The second kappa shape index (κ2) is 4.92. The van der Waals surface area contributed by atoms with Crippen molar-refractivity contribution in [2.75, 3.05) is 7.11 Å². The van der Waals surface area contributed by atoms with E-state index >= 15 is 0 Å². The monoisotopic (exact) mass is 242 g/mol. The molecule has 0 unspecified atom stereocenters. The number of phenols is 1. The molecule has 2 aromatic rings. The van der Waals surface area contributed by atoms with E-state index in [0.29, 0.717) is 6.29 Å². The van der Waals surface area contributed by atoms with E-state index in [1.54, 1.807) is 19.2 Å². The first kappa shape index (κ1) is 12.2. The molecule has 2 rings (SSSR count). The van der Waals surface area contributed by atoms with E-state index in [9.17, 15) is 9.90 Å². The molecule has 3 heteroatoms. The maximum atomic E-state index is 10.8. The predicted molar refractivity (Wildman–Crippen MR) is 70.2 cm³/mol. The summed E-state index contributed by atoms with van der Waals surface area (Å²) < 4.78 is 5.31. The number of hydrogen-bond acceptors (Lipinski definition) is 3. The fourth-order valence-corrected chi connectivity index (χ4v) is 1.86. The van der Waals surface area contributed by atoms with Gasteiger partial charge in [-0.1, -0.05) is 17.7 Å². The van der Waals surface area contributed by atoms with Crippen LogP contribution in [-0.4, -0.2) is 18.5 Å². The molecule has 0 bridgehead atoms. The molecule has 0 saturated heterocycles. The van der Waals surface area contributed by atoms with Gasteiger partial charge in [-0.2, -0.15) is 0 Å². The fraction of sp³-hybridized carbons (Fsp3) is 0.133. The SMILES string of the molecule is COc1ccc(C)cc1-c1ccc(O)c(C=O)c1. The minimum absolute atomic E-state index is 0.0135. The van der Waals surface area contributed by atoms with Gasteiger partial charge in [0, 0.05) is 5.56 Å². The van der Waals surface area contributed by atoms with E-state index in [1.165, 1.54) is 6.07 Å². The van der Waals surface area contributed by atoms with E-state index in [0.717, 1.165) is 22.4 Å². The zero-order valence-electron chi connectivity index (χ0n) is 10.3. The number of aldehydes is 1. The second-order valence-electron chi connectivity index (χ2n) is 4.10. The Hall–Kier alpha value is -2.29. The lowest BCUT2D eigenvalue weighted by Gasteiger charge is -2.10. The summed E-state index contributed by atoms with van der Waals surface area (Å²) >= 11 is 0. The van der Waals surface area contributed by atoms with Crippen LogP contribution in [0.1, 0.15) is 15.9 Å². The molecular weight excluding hydrogens is 228 g/mol. The summed E-state index contributed by atoms with van der Waals surface area (Å²) in [6.45, 7) is 1.99. The van der Waals surface area contributed by atoms with Crippen molar-refractivity contribution in [1.29, 1.82) is 0 Å². The van der Waals surface area contributed by atoms with Gasteiger partial charge in [0.2, 0.25) is 0 Å². The number of rotatable bonds is 3. The number of ether oxygens (including phenoxy) is 1. The van der Waals surface area contributed by atoms with E-state index in [-0.39, 0.29) is 11.3 Å². The topological polar surface area (TPSA) is 46.5 Å². The number of benzene rings is 2. The summed E-state index contributed by atoms with van der Waals surface area (Å²) in [7, 11) is 1.61. The molecule has 3 nitrogen and oxygen atoms in total. The lowest BCUT2D eigenvalue weighted by molar-refractivity contribution is 0.112. The van der Waals surface area contributed by atoms with E-state index in [4.69, 9.17) is 4.74 Å². The number of carbonyl (C=O) groups is 1. The third-order valence-corrected chi connectivity index (χ3v) is 2.82. The summed E-state index contributed by atoms with van der Waals surface area (Å²) in [5, 5.41) is 9.50. The lowest BCUT2D eigenvalue weighted by atomic mass is 10.00. The molecule has 0 spiro atoms. The summed E-state index contributed by atoms with van der Waals surface area (Å²) in [6.07, 6.45) is 0.640. The zero-order chi connectivity index (χ0) is 13.1. The van der Waals surface area contributed by atoms with Crippen molar-refractivity contribution in [1.82, 2.24) is 0 Å². The average molecular weight is 242 g/mol. The minimum Gasteiger partial charge on any atom is -0.507 e. The van der Waals surface area contributed by atoms with Crippen molar-refractivity contribution < 1.29 is 14.6 Å². The molecule has 0 aliphatic carbocycles. The Morgan fingerprint density at radius 2 is 1.94 bits per heavy atom. The van der Waals surface area contributed by atoms with Gasteiger partial charge in [-0.05, 0) is 36.8 Å². The van der Waals surface area contributed by atoms with Crippen LogP contribution in [0.3, 0.4) is 0 Å². The summed E-state index contributed by atoms with van der Waals surface area (Å²) in [5.74, 6) is 0.725. The summed E-state index contributed by atoms with van der Waals surface area (Å²) in [6, 6.07) is 10.8. The molecule has 0 amide bonds. The van der Waals surface area contributed by atoms with Gasteiger partial charge in [0.1, 0.15) is 11.5 Å². The fourth-order valence-electron chi connectivity index (χ4n) is 1.86. The first-order chi connectivity index (χ1) is 8.65. The Morgan fingerprint density at radius 1 is 1.17 bits per heavy atom. The summed E-state index contributed by atoms with van der Waals surface area (Å²) in [4.78, 5) is 10.8. The summed E-state index contributed by atoms with van der Waals surface area (Å²) in [5.41, 5.74) is 3.12. The van der Waals surface area contributed by atoms with Crippen LogP contribution >= 0.6 is 0 Å². The first-order valence-corrected chi connectivity index (χ1v) is 5.59. The first-order valence-electron chi connectivity index (χ1n) is 5.59. The van der Waals surface area contributed by atoms with E-state index in [2.05, 4.69) is 0 Å². The Morgan fingerprint density at radius 3 is 2.61 bits per heavy atom. The molecule has 2 aromatic carbocycles. The van der Waals surface area contributed by atoms with Crippen molar-refractivity contribution in [2.24, 2.45) is 0 Å². The standard InChI is InChI=1S/C15H14O3/c1-10-3-6-15(18-2)13(7-10)11-4-5-14(17)12(8-11)9-16/h3-9,17H,1-2H3. The van der Waals surface area contributed by atoms with Crippen LogP contribution in [0.5, 0.6) is 11.5 Å². The molecule has 0 aliphatic heterocycles. The van der Waals surface area contributed by atoms with E-state index in [1.807, 2.05) is 25.1 Å². The van der Waals surface area contributed by atoms with Crippen molar-refractivity contribution in [3.63, 3.8) is 0 Å². The third-order valence-electron chi connectivity index (χ3n) is 2.82. The average Bonchev–Trinajstić information content (AvgIpc) is 2.39. The molecule has 0 radical (unpaired) electrons. The molecule has 1 N–H and O–H groups in total. The number of aryl methyl sites for hydroxylation is 1. The van der Waals surface area contributed by atoms with Crippen LogP contribution in [0.4, 0.5) is 0 Å². The van der Waals surface area contributed by atoms with Crippen molar-refractivity contribution in [3.8, 4) is 22.6 Å². The van der Waals surface area contributed by atoms with Gasteiger partial charge in [0.25, 0.3) is 0 Å². The van der Waals surface area contributed by atoms with Gasteiger partial charge in [0.05, 0.1) is 12.7 Å². The zero-order valence-corrected chi connectivity index (χ0v) is 10.3. The quantitative estimate of drug-likeness (QED) is 0.841. The highest BCUT2D eigenvalue weighted by Gasteiger charge is 2.08. The van der Waals surface area contributed by atoms with Crippen molar-refractivity contribution in [2.45, 2.75) is 6.92 Å². The van der Waals surface area contributed by atoms with Gasteiger partial charge >= 0.3 is 0 Å². The molecule has 92 valence electrons. The highest BCUT2D eigenvalue weighted by atomic mass is 16.5. The van der Waals surface area contributed by atoms with Gasteiger partial charge in [-0.15, -0.1) is 0 Å². The smallest absolute Gasteiger partial charge is 0.153 e. The molecule has 0 saturated carbocycles. The van der Waals surface area contributed by atoms with Crippen molar-refractivity contribution in [3.05, 3.63) is 47.5 Å². The number of phenolic OH excluding ortho intramolecular Hbond substituents is 1. The minimum atomic E-state index is -0.0135. The number of aromatic hydroxyl groups is 1. The highest BCUT2D eigenvalue weighted by molar-refractivity contribution is 5.84. The number of hydrogen-bond donors (Lipinski definition) is 1. The molecule has 0 aromatic heterocycles. The van der Waals surface area contributed by atoms with Crippen LogP contribution in [0, 0.1) is 6.92 Å². The van der Waals surface area contributed by atoms with Gasteiger partial charge in [-0.3, -0.25) is 4.79 Å². The molecule has 0 heterocycles. The lowest BCUT2D eigenvalue weighted by Crippen LogP contribution is -1.90. The molecule has 0 atom stereocenters. The maximum Gasteiger partial charge on any atom is 0.153 e. The largest absolute Gasteiger partial charge is 0.507 e. The maximum absolute atomic E-state index is 10.8. The molecule has 0 fully saturated rings. The van der Waals surface area contributed by atoms with Crippen LogP contribution in [0.2, 0.25) is 0 Å². The number of methoxy groups -OCH3 is 1. The van der Waals surface area contributed by atoms with Crippen LogP contribution < -0.4 is 4.74 Å². The van der Waals surface area contributed by atoms with Gasteiger partial charge in [-0.25, -0.2) is 0 Å². The molecular formula is C15H14O3. The van der Waals surface area contributed by atoms with Crippen LogP contribution in [-0.2, 0) is 0 Å². The van der Waals surface area contributed by atoms with E-state index < -0.39 is 0 Å². The van der Waals surface area contributed by atoms with Crippen molar-refractivity contribution >= 4 is 6.29 Å². The third kappa shape index (κ3) is 2.20. The predicted octanol–water partition coefficient (Wildman–Crippen LogP) is 3.19. The Kier molecular flexibility index (Phi) is 3.33. The van der Waals surface area contributed by atoms with Crippen LogP contribution in [0.25, 0.3) is 11.1 Å². The van der Waals surface area contributed by atoms with Gasteiger partial charge < -0.3 is 9.84 Å². The second-order valence-corrected chi connectivity index (χ2v) is 4.10.